The number of hydrogen-bond donors (Lipinski definition) is 1. The fourth-order valence-corrected chi connectivity index (χ4v) is 3.79. The second-order valence-corrected chi connectivity index (χ2v) is 7.07. The minimum atomic E-state index is 0.160. The third kappa shape index (κ3) is 5.44. The number of aromatic nitrogens is 3. The van der Waals surface area contributed by atoms with E-state index in [9.17, 15) is 4.79 Å². The monoisotopic (exact) mass is 331 g/mol. The third-order valence-corrected chi connectivity index (χ3v) is 5.04. The zero-order valence-corrected chi connectivity index (χ0v) is 14.5. The van der Waals surface area contributed by atoms with Gasteiger partial charge in [-0.1, -0.05) is 11.6 Å². The zero-order chi connectivity index (χ0) is 16.6. The molecule has 0 radical (unpaired) electrons. The van der Waals surface area contributed by atoms with Crippen LogP contribution in [0.25, 0.3) is 0 Å². The Kier molecular flexibility index (Phi) is 6.41. The average molecular weight is 331 g/mol. The summed E-state index contributed by atoms with van der Waals surface area (Å²) in [4.78, 5) is 18.5. The first-order valence-corrected chi connectivity index (χ1v) is 9.29. The minimum Gasteiger partial charge on any atom is -0.355 e. The summed E-state index contributed by atoms with van der Waals surface area (Å²) in [5.41, 5.74) is 1.52. The van der Waals surface area contributed by atoms with Crippen molar-refractivity contribution < 1.29 is 4.79 Å². The molecule has 1 amide bonds. The molecule has 1 aromatic heterocycles. The van der Waals surface area contributed by atoms with Crippen LogP contribution >= 0.6 is 0 Å². The van der Waals surface area contributed by atoms with Crippen molar-refractivity contribution in [3.8, 4) is 0 Å². The number of rotatable bonds is 7. The first-order chi connectivity index (χ1) is 11.8. The van der Waals surface area contributed by atoms with Gasteiger partial charge in [0.25, 0.3) is 0 Å². The van der Waals surface area contributed by atoms with Gasteiger partial charge in [0.15, 0.2) is 0 Å². The van der Waals surface area contributed by atoms with Crippen molar-refractivity contribution in [1.29, 1.82) is 0 Å². The van der Waals surface area contributed by atoms with E-state index in [1.54, 1.807) is 12.7 Å². The second kappa shape index (κ2) is 8.97. The van der Waals surface area contributed by atoms with Crippen LogP contribution in [-0.2, 0) is 11.3 Å². The van der Waals surface area contributed by atoms with Gasteiger partial charge in [0.05, 0.1) is 6.54 Å². The van der Waals surface area contributed by atoms with E-state index in [0.29, 0.717) is 12.5 Å². The fraction of sp³-hybridized carbons (Fsp3) is 0.722. The van der Waals surface area contributed by atoms with Gasteiger partial charge in [0.2, 0.25) is 5.91 Å². The van der Waals surface area contributed by atoms with Crippen LogP contribution in [-0.4, -0.2) is 51.8 Å². The third-order valence-electron chi connectivity index (χ3n) is 5.04. The predicted molar refractivity (Wildman–Crippen MR) is 93.4 cm³/mol. The molecule has 6 nitrogen and oxygen atoms in total. The maximum absolute atomic E-state index is 12.2. The molecule has 0 unspecified atom stereocenters. The molecule has 1 aliphatic carbocycles. The molecule has 6 heteroatoms. The Morgan fingerprint density at radius 1 is 1.33 bits per heavy atom. The molecular weight excluding hydrogens is 302 g/mol. The van der Waals surface area contributed by atoms with Crippen LogP contribution in [0.2, 0.25) is 0 Å². The van der Waals surface area contributed by atoms with Gasteiger partial charge in [-0.25, -0.2) is 4.98 Å². The van der Waals surface area contributed by atoms with Crippen molar-refractivity contribution in [2.45, 2.75) is 51.5 Å². The van der Waals surface area contributed by atoms with Crippen LogP contribution in [0.3, 0.4) is 0 Å². The van der Waals surface area contributed by atoms with Crippen molar-refractivity contribution in [2.24, 2.45) is 5.92 Å². The van der Waals surface area contributed by atoms with Gasteiger partial charge in [0.1, 0.15) is 12.7 Å². The molecule has 1 N–H and O–H groups in total. The van der Waals surface area contributed by atoms with E-state index in [-0.39, 0.29) is 5.91 Å². The Hall–Kier alpha value is -1.69. The largest absolute Gasteiger partial charge is 0.355 e. The van der Waals surface area contributed by atoms with E-state index in [0.717, 1.165) is 39.0 Å². The highest BCUT2D eigenvalue weighted by Crippen LogP contribution is 2.19. The summed E-state index contributed by atoms with van der Waals surface area (Å²) in [5, 5.41) is 7.27. The highest BCUT2D eigenvalue weighted by molar-refractivity contribution is 5.78. The molecule has 0 saturated carbocycles. The van der Waals surface area contributed by atoms with Crippen LogP contribution in [0.15, 0.2) is 24.3 Å². The van der Waals surface area contributed by atoms with E-state index >= 15 is 0 Å². The van der Waals surface area contributed by atoms with E-state index in [1.807, 2.05) is 4.68 Å². The average Bonchev–Trinajstić information content (AvgIpc) is 3.09. The number of likely N-dealkylation sites (tertiary alicyclic amines) is 1. The van der Waals surface area contributed by atoms with Gasteiger partial charge in [-0.2, -0.15) is 5.10 Å². The van der Waals surface area contributed by atoms with Crippen molar-refractivity contribution in [1.82, 2.24) is 25.0 Å². The summed E-state index contributed by atoms with van der Waals surface area (Å²) >= 11 is 0. The molecule has 1 atom stereocenters. The van der Waals surface area contributed by atoms with Crippen molar-refractivity contribution in [3.05, 3.63) is 24.3 Å². The molecule has 24 heavy (non-hydrogen) atoms. The lowest BCUT2D eigenvalue weighted by Crippen LogP contribution is -2.43. The number of nitrogens with zero attached hydrogens (tertiary/aromatic N) is 4. The smallest absolute Gasteiger partial charge is 0.234 e. The summed E-state index contributed by atoms with van der Waals surface area (Å²) < 4.78 is 1.89. The standard InChI is InChI=1S/C18H29N5O/c24-18(20-9-8-16-5-2-1-3-6-16)13-22-10-4-7-17(11-22)12-23-15-19-14-21-23/h5,14-15,17H,1-4,6-13H2,(H,20,24)/t17-/m0/s1. The SMILES string of the molecule is O=C(CN1CCC[C@H](Cn2cncn2)C1)NCCC1=CCCCC1. The highest BCUT2D eigenvalue weighted by Gasteiger charge is 2.22. The fourth-order valence-electron chi connectivity index (χ4n) is 3.79. The molecule has 3 rings (SSSR count). The number of nitrogens with one attached hydrogen (secondary N) is 1. The summed E-state index contributed by atoms with van der Waals surface area (Å²) in [6, 6.07) is 0. The van der Waals surface area contributed by atoms with Gasteiger partial charge in [0, 0.05) is 19.6 Å². The summed E-state index contributed by atoms with van der Waals surface area (Å²) in [7, 11) is 0. The topological polar surface area (TPSA) is 63.1 Å². The second-order valence-electron chi connectivity index (χ2n) is 7.07. The van der Waals surface area contributed by atoms with Crippen LogP contribution in [0.1, 0.15) is 44.9 Å². The summed E-state index contributed by atoms with van der Waals surface area (Å²) in [6.07, 6.45) is 14.1. The molecular formula is C18H29N5O. The van der Waals surface area contributed by atoms with Crippen LogP contribution in [0, 0.1) is 5.92 Å². The molecule has 0 bridgehead atoms. The Bertz CT molecular complexity index is 540. The number of allylic oxidation sites excluding steroid dienone is 1. The minimum absolute atomic E-state index is 0.160. The lowest BCUT2D eigenvalue weighted by atomic mass is 9.97. The Labute approximate surface area is 144 Å². The highest BCUT2D eigenvalue weighted by atomic mass is 16.2. The lowest BCUT2D eigenvalue weighted by molar-refractivity contribution is -0.122. The number of carbonyl (C=O) groups is 1. The summed E-state index contributed by atoms with van der Waals surface area (Å²) in [5.74, 6) is 0.716. The van der Waals surface area contributed by atoms with E-state index in [1.165, 1.54) is 37.7 Å². The molecule has 2 heterocycles. The number of piperidine rings is 1. The Morgan fingerprint density at radius 2 is 2.29 bits per heavy atom. The molecule has 0 spiro atoms. The lowest BCUT2D eigenvalue weighted by Gasteiger charge is -2.32. The van der Waals surface area contributed by atoms with Crippen molar-refractivity contribution in [2.75, 3.05) is 26.2 Å². The number of amides is 1. The van der Waals surface area contributed by atoms with Gasteiger partial charge < -0.3 is 5.32 Å². The van der Waals surface area contributed by atoms with Gasteiger partial charge in [-0.05, 0) is 57.4 Å². The maximum atomic E-state index is 12.2. The predicted octanol–water partition coefficient (Wildman–Crippen LogP) is 2.00. The van der Waals surface area contributed by atoms with E-state index in [2.05, 4.69) is 26.4 Å². The number of carbonyl (C=O) groups excluding carboxylic acids is 1. The molecule has 2 aliphatic rings. The van der Waals surface area contributed by atoms with Gasteiger partial charge >= 0.3 is 0 Å². The maximum Gasteiger partial charge on any atom is 0.234 e. The van der Waals surface area contributed by atoms with Crippen molar-refractivity contribution >= 4 is 5.91 Å². The van der Waals surface area contributed by atoms with E-state index < -0.39 is 0 Å². The zero-order valence-electron chi connectivity index (χ0n) is 14.5. The first-order valence-electron chi connectivity index (χ1n) is 9.29. The Morgan fingerprint density at radius 3 is 3.08 bits per heavy atom. The molecule has 1 aliphatic heterocycles. The van der Waals surface area contributed by atoms with Gasteiger partial charge in [-0.15, -0.1) is 0 Å². The quantitative estimate of drug-likeness (QED) is 0.776. The molecule has 132 valence electrons. The van der Waals surface area contributed by atoms with E-state index in [4.69, 9.17) is 0 Å². The van der Waals surface area contributed by atoms with Gasteiger partial charge in [-0.3, -0.25) is 14.4 Å². The van der Waals surface area contributed by atoms with Crippen molar-refractivity contribution in [3.63, 3.8) is 0 Å². The molecule has 1 saturated heterocycles. The normalized spacial score (nSPS) is 22.2. The number of hydrogen-bond acceptors (Lipinski definition) is 4. The summed E-state index contributed by atoms with van der Waals surface area (Å²) in [6.45, 7) is 4.19. The Balaban J connectivity index is 1.35. The molecule has 0 aromatic carbocycles. The van der Waals surface area contributed by atoms with Crippen LogP contribution in [0.5, 0.6) is 0 Å². The molecule has 1 fully saturated rings. The van der Waals surface area contributed by atoms with Crippen LogP contribution in [0.4, 0.5) is 0 Å². The first kappa shape index (κ1) is 17.1. The molecule has 1 aromatic rings. The van der Waals surface area contributed by atoms with Crippen LogP contribution < -0.4 is 5.32 Å².